The Labute approximate surface area is 95.0 Å². The SMILES string of the molecule is O=C(OC[C@@H]1CCCNC1)c1cccnc1. The van der Waals surface area contributed by atoms with E-state index < -0.39 is 0 Å². The maximum atomic E-state index is 11.6. The van der Waals surface area contributed by atoms with Crippen molar-refractivity contribution in [3.63, 3.8) is 0 Å². The number of pyridine rings is 1. The number of hydrogen-bond acceptors (Lipinski definition) is 4. The second kappa shape index (κ2) is 5.61. The first-order valence-corrected chi connectivity index (χ1v) is 5.64. The van der Waals surface area contributed by atoms with Crippen molar-refractivity contribution >= 4 is 5.97 Å². The van der Waals surface area contributed by atoms with Crippen molar-refractivity contribution in [2.45, 2.75) is 12.8 Å². The minimum Gasteiger partial charge on any atom is -0.462 e. The van der Waals surface area contributed by atoms with Gasteiger partial charge in [0.15, 0.2) is 0 Å². The molecule has 16 heavy (non-hydrogen) atoms. The molecular weight excluding hydrogens is 204 g/mol. The summed E-state index contributed by atoms with van der Waals surface area (Å²) in [5.74, 6) is 0.174. The van der Waals surface area contributed by atoms with Crippen LogP contribution >= 0.6 is 0 Å². The van der Waals surface area contributed by atoms with E-state index in [1.54, 1.807) is 18.3 Å². The predicted octanol–water partition coefficient (Wildman–Crippen LogP) is 1.24. The molecule has 0 spiro atoms. The third-order valence-electron chi connectivity index (χ3n) is 2.75. The van der Waals surface area contributed by atoms with Crippen LogP contribution in [0.2, 0.25) is 0 Å². The van der Waals surface area contributed by atoms with Gasteiger partial charge in [0.25, 0.3) is 0 Å². The summed E-state index contributed by atoms with van der Waals surface area (Å²) in [6, 6.07) is 3.45. The summed E-state index contributed by atoms with van der Waals surface area (Å²) in [6.45, 7) is 2.52. The molecular formula is C12H16N2O2. The van der Waals surface area contributed by atoms with Crippen LogP contribution in [0.25, 0.3) is 0 Å². The van der Waals surface area contributed by atoms with E-state index in [4.69, 9.17) is 4.74 Å². The first kappa shape index (κ1) is 11.1. The monoisotopic (exact) mass is 220 g/mol. The van der Waals surface area contributed by atoms with E-state index >= 15 is 0 Å². The lowest BCUT2D eigenvalue weighted by Gasteiger charge is -2.22. The second-order valence-corrected chi connectivity index (χ2v) is 4.05. The normalized spacial score (nSPS) is 20.4. The van der Waals surface area contributed by atoms with Gasteiger partial charge in [0, 0.05) is 24.9 Å². The van der Waals surface area contributed by atoms with Crippen molar-refractivity contribution in [2.24, 2.45) is 5.92 Å². The number of aromatic nitrogens is 1. The average Bonchev–Trinajstić information content (AvgIpc) is 2.38. The van der Waals surface area contributed by atoms with Gasteiger partial charge in [-0.15, -0.1) is 0 Å². The summed E-state index contributed by atoms with van der Waals surface area (Å²) >= 11 is 0. The summed E-state index contributed by atoms with van der Waals surface area (Å²) < 4.78 is 5.25. The molecule has 4 nitrogen and oxygen atoms in total. The van der Waals surface area contributed by atoms with E-state index in [0.717, 1.165) is 25.9 Å². The quantitative estimate of drug-likeness (QED) is 0.779. The van der Waals surface area contributed by atoms with Crippen molar-refractivity contribution in [3.8, 4) is 0 Å². The van der Waals surface area contributed by atoms with Crippen molar-refractivity contribution in [1.29, 1.82) is 0 Å². The van der Waals surface area contributed by atoms with Gasteiger partial charge in [-0.05, 0) is 31.5 Å². The second-order valence-electron chi connectivity index (χ2n) is 4.05. The number of rotatable bonds is 3. The molecule has 1 saturated heterocycles. The molecule has 0 aliphatic carbocycles. The summed E-state index contributed by atoms with van der Waals surface area (Å²) in [7, 11) is 0. The number of esters is 1. The lowest BCUT2D eigenvalue weighted by Crippen LogP contribution is -2.32. The molecule has 86 valence electrons. The number of carbonyl (C=O) groups is 1. The van der Waals surface area contributed by atoms with Gasteiger partial charge in [0.2, 0.25) is 0 Å². The van der Waals surface area contributed by atoms with Crippen LogP contribution < -0.4 is 5.32 Å². The summed E-state index contributed by atoms with van der Waals surface area (Å²) in [5.41, 5.74) is 0.520. The molecule has 0 radical (unpaired) electrons. The minimum atomic E-state index is -0.279. The molecule has 1 aliphatic heterocycles. The van der Waals surface area contributed by atoms with E-state index in [2.05, 4.69) is 10.3 Å². The highest BCUT2D eigenvalue weighted by Gasteiger charge is 2.15. The fraction of sp³-hybridized carbons (Fsp3) is 0.500. The van der Waals surface area contributed by atoms with E-state index in [1.165, 1.54) is 6.20 Å². The Morgan fingerprint density at radius 3 is 3.25 bits per heavy atom. The summed E-state index contributed by atoms with van der Waals surface area (Å²) in [4.78, 5) is 15.5. The van der Waals surface area contributed by atoms with Crippen LogP contribution in [-0.2, 0) is 4.74 Å². The Balaban J connectivity index is 1.79. The Hall–Kier alpha value is -1.42. The fourth-order valence-electron chi connectivity index (χ4n) is 1.83. The van der Waals surface area contributed by atoms with Crippen molar-refractivity contribution in [2.75, 3.05) is 19.7 Å². The molecule has 4 heteroatoms. The fourth-order valence-corrected chi connectivity index (χ4v) is 1.83. The Bertz CT molecular complexity index is 334. The topological polar surface area (TPSA) is 51.2 Å². The lowest BCUT2D eigenvalue weighted by atomic mass is 10.0. The molecule has 0 aromatic carbocycles. The van der Waals surface area contributed by atoms with Crippen LogP contribution in [0.4, 0.5) is 0 Å². The molecule has 1 aromatic heterocycles. The Kier molecular flexibility index (Phi) is 3.88. The van der Waals surface area contributed by atoms with Gasteiger partial charge in [-0.25, -0.2) is 4.79 Å². The first-order valence-electron chi connectivity index (χ1n) is 5.64. The molecule has 0 bridgehead atoms. The van der Waals surface area contributed by atoms with Gasteiger partial charge in [-0.3, -0.25) is 4.98 Å². The Morgan fingerprint density at radius 2 is 2.56 bits per heavy atom. The largest absolute Gasteiger partial charge is 0.462 e. The van der Waals surface area contributed by atoms with Crippen LogP contribution in [0.1, 0.15) is 23.2 Å². The maximum absolute atomic E-state index is 11.6. The molecule has 1 aromatic rings. The molecule has 2 rings (SSSR count). The molecule has 1 aliphatic rings. The van der Waals surface area contributed by atoms with E-state index in [-0.39, 0.29) is 5.97 Å². The van der Waals surface area contributed by atoms with Crippen molar-refractivity contribution < 1.29 is 9.53 Å². The summed E-state index contributed by atoms with van der Waals surface area (Å²) in [5, 5.41) is 3.29. The van der Waals surface area contributed by atoms with Crippen LogP contribution in [0.3, 0.4) is 0 Å². The first-order chi connectivity index (χ1) is 7.86. The smallest absolute Gasteiger partial charge is 0.339 e. The highest BCUT2D eigenvalue weighted by Crippen LogP contribution is 2.11. The van der Waals surface area contributed by atoms with E-state index in [9.17, 15) is 4.79 Å². The molecule has 0 unspecified atom stereocenters. The molecule has 2 heterocycles. The van der Waals surface area contributed by atoms with Crippen molar-refractivity contribution in [1.82, 2.24) is 10.3 Å². The van der Waals surface area contributed by atoms with E-state index in [0.29, 0.717) is 18.1 Å². The van der Waals surface area contributed by atoms with Crippen LogP contribution in [0.5, 0.6) is 0 Å². The zero-order valence-electron chi connectivity index (χ0n) is 9.19. The van der Waals surface area contributed by atoms with Gasteiger partial charge < -0.3 is 10.1 Å². The predicted molar refractivity (Wildman–Crippen MR) is 60.1 cm³/mol. The number of ether oxygens (including phenoxy) is 1. The minimum absolute atomic E-state index is 0.279. The zero-order valence-corrected chi connectivity index (χ0v) is 9.19. The molecule has 0 saturated carbocycles. The third kappa shape index (κ3) is 3.03. The van der Waals surface area contributed by atoms with Crippen LogP contribution in [0.15, 0.2) is 24.5 Å². The van der Waals surface area contributed by atoms with Gasteiger partial charge in [0.1, 0.15) is 0 Å². The zero-order chi connectivity index (χ0) is 11.2. The van der Waals surface area contributed by atoms with Gasteiger partial charge >= 0.3 is 5.97 Å². The number of hydrogen-bond donors (Lipinski definition) is 1. The average molecular weight is 220 g/mol. The van der Waals surface area contributed by atoms with Gasteiger partial charge in [-0.2, -0.15) is 0 Å². The molecule has 1 fully saturated rings. The maximum Gasteiger partial charge on any atom is 0.339 e. The van der Waals surface area contributed by atoms with Gasteiger partial charge in [-0.1, -0.05) is 0 Å². The van der Waals surface area contributed by atoms with Crippen molar-refractivity contribution in [3.05, 3.63) is 30.1 Å². The number of nitrogens with zero attached hydrogens (tertiary/aromatic N) is 1. The van der Waals surface area contributed by atoms with E-state index in [1.807, 2.05) is 0 Å². The third-order valence-corrected chi connectivity index (χ3v) is 2.75. The van der Waals surface area contributed by atoms with Crippen LogP contribution in [0, 0.1) is 5.92 Å². The lowest BCUT2D eigenvalue weighted by molar-refractivity contribution is 0.0420. The summed E-state index contributed by atoms with van der Waals surface area (Å²) in [6.07, 6.45) is 5.46. The highest BCUT2D eigenvalue weighted by molar-refractivity contribution is 5.88. The number of piperidine rings is 1. The highest BCUT2D eigenvalue weighted by atomic mass is 16.5. The number of nitrogens with one attached hydrogen (secondary N) is 1. The molecule has 1 atom stereocenters. The van der Waals surface area contributed by atoms with Crippen LogP contribution in [-0.4, -0.2) is 30.6 Å². The standard InChI is InChI=1S/C12H16N2O2/c15-12(11-4-2-6-14-8-11)16-9-10-3-1-5-13-7-10/h2,4,6,8,10,13H,1,3,5,7,9H2/t10-/m1/s1. The number of carbonyl (C=O) groups excluding carboxylic acids is 1. The van der Waals surface area contributed by atoms with Gasteiger partial charge in [0.05, 0.1) is 12.2 Å². The molecule has 0 amide bonds. The molecule has 1 N–H and O–H groups in total. The Morgan fingerprint density at radius 1 is 1.62 bits per heavy atom.